The van der Waals surface area contributed by atoms with Crippen molar-refractivity contribution in [2.75, 3.05) is 19.8 Å². The highest BCUT2D eigenvalue weighted by Crippen LogP contribution is 2.30. The van der Waals surface area contributed by atoms with Crippen LogP contribution in [0.1, 0.15) is 42.7 Å². The SMILES string of the molecule is CCOc1ccc([C@H](C)NC(=O)CNC(=O)c2ccccc2Cl)cc1OCC. The first kappa shape index (κ1) is 21.6. The summed E-state index contributed by atoms with van der Waals surface area (Å²) in [5.74, 6) is 0.599. The van der Waals surface area contributed by atoms with Crippen molar-refractivity contribution in [3.63, 3.8) is 0 Å². The highest BCUT2D eigenvalue weighted by Gasteiger charge is 2.15. The van der Waals surface area contributed by atoms with Crippen molar-refractivity contribution in [1.29, 1.82) is 0 Å². The number of carbonyl (C=O) groups excluding carboxylic acids is 2. The molecule has 150 valence electrons. The zero-order valence-corrected chi connectivity index (χ0v) is 17.0. The minimum atomic E-state index is -0.395. The van der Waals surface area contributed by atoms with E-state index in [0.717, 1.165) is 5.56 Å². The van der Waals surface area contributed by atoms with Crippen LogP contribution in [0.5, 0.6) is 11.5 Å². The molecule has 0 aromatic heterocycles. The average molecular weight is 405 g/mol. The average Bonchev–Trinajstić information content (AvgIpc) is 2.68. The van der Waals surface area contributed by atoms with Crippen LogP contribution in [0, 0.1) is 0 Å². The summed E-state index contributed by atoms with van der Waals surface area (Å²) in [5, 5.41) is 5.77. The van der Waals surface area contributed by atoms with Crippen LogP contribution in [0.15, 0.2) is 42.5 Å². The number of carbonyl (C=O) groups is 2. The summed E-state index contributed by atoms with van der Waals surface area (Å²) in [4.78, 5) is 24.3. The smallest absolute Gasteiger partial charge is 0.253 e. The molecule has 0 aliphatic carbocycles. The Labute approximate surface area is 170 Å². The number of amides is 2. The number of rotatable bonds is 9. The van der Waals surface area contributed by atoms with Crippen LogP contribution in [-0.4, -0.2) is 31.6 Å². The second kappa shape index (κ2) is 10.6. The minimum Gasteiger partial charge on any atom is -0.490 e. The number of nitrogens with one attached hydrogen (secondary N) is 2. The second-order valence-corrected chi connectivity index (χ2v) is 6.43. The predicted molar refractivity (Wildman–Crippen MR) is 109 cm³/mol. The topological polar surface area (TPSA) is 76.7 Å². The molecule has 0 aliphatic rings. The first-order valence-electron chi connectivity index (χ1n) is 9.17. The van der Waals surface area contributed by atoms with Crippen LogP contribution >= 0.6 is 11.6 Å². The van der Waals surface area contributed by atoms with Gasteiger partial charge < -0.3 is 20.1 Å². The molecule has 28 heavy (non-hydrogen) atoms. The second-order valence-electron chi connectivity index (χ2n) is 6.02. The van der Waals surface area contributed by atoms with Crippen LogP contribution in [0.3, 0.4) is 0 Å². The largest absolute Gasteiger partial charge is 0.490 e. The van der Waals surface area contributed by atoms with Crippen molar-refractivity contribution < 1.29 is 19.1 Å². The molecule has 0 radical (unpaired) electrons. The zero-order chi connectivity index (χ0) is 20.5. The standard InChI is InChI=1S/C21H25ClN2O4/c1-4-27-18-11-10-15(12-19(18)28-5-2)14(3)24-20(25)13-23-21(26)16-8-6-7-9-17(16)22/h6-12,14H,4-5,13H2,1-3H3,(H,23,26)(H,24,25)/t14-/m0/s1. The van der Waals surface area contributed by atoms with Gasteiger partial charge in [-0.2, -0.15) is 0 Å². The fraction of sp³-hybridized carbons (Fsp3) is 0.333. The maximum Gasteiger partial charge on any atom is 0.253 e. The van der Waals surface area contributed by atoms with Crippen molar-refractivity contribution in [1.82, 2.24) is 10.6 Å². The highest BCUT2D eigenvalue weighted by molar-refractivity contribution is 6.33. The molecular weight excluding hydrogens is 380 g/mol. The van der Waals surface area contributed by atoms with Crippen LogP contribution in [-0.2, 0) is 4.79 Å². The van der Waals surface area contributed by atoms with E-state index in [9.17, 15) is 9.59 Å². The van der Waals surface area contributed by atoms with Gasteiger partial charge in [-0.1, -0.05) is 29.8 Å². The Hall–Kier alpha value is -2.73. The van der Waals surface area contributed by atoms with Gasteiger partial charge in [-0.15, -0.1) is 0 Å². The van der Waals surface area contributed by atoms with E-state index in [4.69, 9.17) is 21.1 Å². The molecule has 2 rings (SSSR count). The Morgan fingerprint density at radius 2 is 1.71 bits per heavy atom. The Morgan fingerprint density at radius 1 is 1.04 bits per heavy atom. The molecule has 0 unspecified atom stereocenters. The predicted octanol–water partition coefficient (Wildman–Crippen LogP) is 3.74. The van der Waals surface area contributed by atoms with Crippen LogP contribution < -0.4 is 20.1 Å². The normalized spacial score (nSPS) is 11.4. The van der Waals surface area contributed by atoms with Gasteiger partial charge in [0.25, 0.3) is 5.91 Å². The molecule has 0 aliphatic heterocycles. The van der Waals surface area contributed by atoms with E-state index in [1.165, 1.54) is 0 Å². The molecule has 0 bridgehead atoms. The van der Waals surface area contributed by atoms with E-state index in [-0.39, 0.29) is 18.5 Å². The van der Waals surface area contributed by atoms with Gasteiger partial charge in [0.05, 0.1) is 36.4 Å². The van der Waals surface area contributed by atoms with E-state index >= 15 is 0 Å². The molecule has 1 atom stereocenters. The fourth-order valence-corrected chi connectivity index (χ4v) is 2.84. The number of hydrogen-bond donors (Lipinski definition) is 2. The van der Waals surface area contributed by atoms with E-state index in [0.29, 0.717) is 35.3 Å². The number of ether oxygens (including phenoxy) is 2. The van der Waals surface area contributed by atoms with Gasteiger partial charge in [-0.25, -0.2) is 0 Å². The summed E-state index contributed by atoms with van der Waals surface area (Å²) < 4.78 is 11.2. The molecule has 2 amide bonds. The molecule has 0 heterocycles. The van der Waals surface area contributed by atoms with Gasteiger partial charge in [0.1, 0.15) is 0 Å². The minimum absolute atomic E-state index is 0.149. The summed E-state index contributed by atoms with van der Waals surface area (Å²) in [5.41, 5.74) is 1.20. The Balaban J connectivity index is 1.95. The maximum absolute atomic E-state index is 12.2. The van der Waals surface area contributed by atoms with Crippen LogP contribution in [0.25, 0.3) is 0 Å². The van der Waals surface area contributed by atoms with E-state index in [1.54, 1.807) is 24.3 Å². The van der Waals surface area contributed by atoms with Crippen LogP contribution in [0.2, 0.25) is 5.02 Å². The molecule has 2 N–H and O–H groups in total. The van der Waals surface area contributed by atoms with E-state index in [1.807, 2.05) is 39.0 Å². The first-order chi connectivity index (χ1) is 13.5. The van der Waals surface area contributed by atoms with Gasteiger partial charge >= 0.3 is 0 Å². The van der Waals surface area contributed by atoms with Gasteiger partial charge in [-0.3, -0.25) is 9.59 Å². The van der Waals surface area contributed by atoms with E-state index < -0.39 is 5.91 Å². The molecule has 2 aromatic carbocycles. The monoisotopic (exact) mass is 404 g/mol. The van der Waals surface area contributed by atoms with Crippen molar-refractivity contribution in [3.8, 4) is 11.5 Å². The Morgan fingerprint density at radius 3 is 2.39 bits per heavy atom. The van der Waals surface area contributed by atoms with Crippen LogP contribution in [0.4, 0.5) is 0 Å². The lowest BCUT2D eigenvalue weighted by atomic mass is 10.1. The number of hydrogen-bond acceptors (Lipinski definition) is 4. The molecular formula is C21H25ClN2O4. The zero-order valence-electron chi connectivity index (χ0n) is 16.3. The lowest BCUT2D eigenvalue weighted by Gasteiger charge is -2.18. The molecule has 0 saturated carbocycles. The van der Waals surface area contributed by atoms with Gasteiger partial charge in [0.15, 0.2) is 11.5 Å². The van der Waals surface area contributed by atoms with Gasteiger partial charge in [-0.05, 0) is 50.6 Å². The van der Waals surface area contributed by atoms with Crippen molar-refractivity contribution >= 4 is 23.4 Å². The van der Waals surface area contributed by atoms with E-state index in [2.05, 4.69) is 10.6 Å². The summed E-state index contributed by atoms with van der Waals surface area (Å²) >= 11 is 5.99. The molecule has 6 nitrogen and oxygen atoms in total. The third-order valence-corrected chi connectivity index (χ3v) is 4.30. The summed E-state index contributed by atoms with van der Waals surface area (Å²) in [7, 11) is 0. The summed E-state index contributed by atoms with van der Waals surface area (Å²) in [6.07, 6.45) is 0. The van der Waals surface area contributed by atoms with Gasteiger partial charge in [0, 0.05) is 0 Å². The lowest BCUT2D eigenvalue weighted by Crippen LogP contribution is -2.38. The molecule has 7 heteroatoms. The Bertz CT molecular complexity index is 826. The first-order valence-corrected chi connectivity index (χ1v) is 9.55. The summed E-state index contributed by atoms with van der Waals surface area (Å²) in [6, 6.07) is 12.0. The number of benzene rings is 2. The fourth-order valence-electron chi connectivity index (χ4n) is 2.61. The van der Waals surface area contributed by atoms with Gasteiger partial charge in [0.2, 0.25) is 5.91 Å². The molecule has 0 saturated heterocycles. The van der Waals surface area contributed by atoms with Crippen molar-refractivity contribution in [3.05, 3.63) is 58.6 Å². The summed E-state index contributed by atoms with van der Waals surface area (Å²) in [6.45, 7) is 6.57. The third-order valence-electron chi connectivity index (χ3n) is 3.97. The quantitative estimate of drug-likeness (QED) is 0.667. The highest BCUT2D eigenvalue weighted by atomic mass is 35.5. The van der Waals surface area contributed by atoms with Crippen molar-refractivity contribution in [2.24, 2.45) is 0 Å². The molecule has 2 aromatic rings. The number of halogens is 1. The molecule has 0 fully saturated rings. The maximum atomic E-state index is 12.2. The lowest BCUT2D eigenvalue weighted by molar-refractivity contribution is -0.120. The van der Waals surface area contributed by atoms with Crippen molar-refractivity contribution in [2.45, 2.75) is 26.8 Å². The molecule has 0 spiro atoms. The third kappa shape index (κ3) is 5.89. The Kier molecular flexibility index (Phi) is 8.14.